The van der Waals surface area contributed by atoms with E-state index in [-0.39, 0.29) is 11.8 Å². The number of hydrogen-bond donors (Lipinski definition) is 1. The Morgan fingerprint density at radius 3 is 2.54 bits per heavy atom. The fourth-order valence-electron chi connectivity index (χ4n) is 3.97. The molecule has 0 aliphatic carbocycles. The Labute approximate surface area is 166 Å². The lowest BCUT2D eigenvalue weighted by atomic mass is 9.95. The van der Waals surface area contributed by atoms with Crippen molar-refractivity contribution in [1.82, 2.24) is 10.3 Å². The Morgan fingerprint density at radius 2 is 1.79 bits per heavy atom. The number of nitrogens with one attached hydrogen (secondary N) is 1. The molecule has 4 heteroatoms. The van der Waals surface area contributed by atoms with Crippen molar-refractivity contribution in [2.45, 2.75) is 33.2 Å². The predicted molar refractivity (Wildman–Crippen MR) is 114 cm³/mol. The first-order valence-electron chi connectivity index (χ1n) is 10.0. The van der Waals surface area contributed by atoms with Crippen LogP contribution < -0.4 is 10.2 Å². The van der Waals surface area contributed by atoms with E-state index in [4.69, 9.17) is 0 Å². The first kappa shape index (κ1) is 18.5. The summed E-state index contributed by atoms with van der Waals surface area (Å²) in [5, 5.41) is 4.30. The molecular weight excluding hydrogens is 346 g/mol. The predicted octanol–water partition coefficient (Wildman–Crippen LogP) is 4.38. The Kier molecular flexibility index (Phi) is 5.29. The average Bonchev–Trinajstić information content (AvgIpc) is 2.72. The third-order valence-corrected chi connectivity index (χ3v) is 5.62. The minimum absolute atomic E-state index is 0.0934. The highest BCUT2D eigenvalue weighted by Crippen LogP contribution is 2.30. The molecule has 0 bridgehead atoms. The van der Waals surface area contributed by atoms with Gasteiger partial charge in [-0.3, -0.25) is 9.78 Å². The van der Waals surface area contributed by atoms with Gasteiger partial charge in [0.05, 0.1) is 5.52 Å². The smallest absolute Gasteiger partial charge is 0.223 e. The SMILES string of the molecule is Cc1ccc(CNC(=O)C2CCN(c3cc(C)nc4ccccc34)CC2)cc1. The number of nitrogens with zero attached hydrogens (tertiary/aromatic N) is 2. The molecule has 1 amide bonds. The number of piperidine rings is 1. The molecular formula is C24H27N3O. The van der Waals surface area contributed by atoms with Crippen LogP contribution in [0.4, 0.5) is 5.69 Å². The van der Waals surface area contributed by atoms with Gasteiger partial charge in [-0.2, -0.15) is 0 Å². The number of para-hydroxylation sites is 1. The molecule has 1 aromatic heterocycles. The van der Waals surface area contributed by atoms with Gasteiger partial charge in [0.25, 0.3) is 0 Å². The van der Waals surface area contributed by atoms with Crippen LogP contribution in [0.25, 0.3) is 10.9 Å². The maximum absolute atomic E-state index is 12.6. The number of fused-ring (bicyclic) bond motifs is 1. The molecule has 3 aromatic rings. The zero-order chi connectivity index (χ0) is 19.5. The molecule has 0 unspecified atom stereocenters. The van der Waals surface area contributed by atoms with Gasteiger partial charge in [-0.15, -0.1) is 0 Å². The highest BCUT2D eigenvalue weighted by molar-refractivity contribution is 5.92. The van der Waals surface area contributed by atoms with E-state index in [9.17, 15) is 4.79 Å². The van der Waals surface area contributed by atoms with Gasteiger partial charge in [0.2, 0.25) is 5.91 Å². The molecule has 0 saturated carbocycles. The third kappa shape index (κ3) is 4.01. The molecule has 1 N–H and O–H groups in total. The van der Waals surface area contributed by atoms with Crippen molar-refractivity contribution in [3.8, 4) is 0 Å². The molecule has 4 rings (SSSR count). The molecule has 2 aromatic carbocycles. The molecule has 1 aliphatic heterocycles. The Morgan fingerprint density at radius 1 is 1.07 bits per heavy atom. The summed E-state index contributed by atoms with van der Waals surface area (Å²) in [4.78, 5) is 19.7. The van der Waals surface area contributed by atoms with E-state index in [1.807, 2.05) is 13.0 Å². The number of benzene rings is 2. The van der Waals surface area contributed by atoms with Gasteiger partial charge in [0.15, 0.2) is 0 Å². The van der Waals surface area contributed by atoms with Crippen molar-refractivity contribution in [3.05, 3.63) is 71.4 Å². The fraction of sp³-hybridized carbons (Fsp3) is 0.333. The maximum Gasteiger partial charge on any atom is 0.223 e. The second kappa shape index (κ2) is 8.01. The monoisotopic (exact) mass is 373 g/mol. The minimum Gasteiger partial charge on any atom is -0.371 e. The summed E-state index contributed by atoms with van der Waals surface area (Å²) >= 11 is 0. The largest absolute Gasteiger partial charge is 0.371 e. The van der Waals surface area contributed by atoms with Gasteiger partial charge < -0.3 is 10.2 Å². The van der Waals surface area contributed by atoms with E-state index in [1.54, 1.807) is 0 Å². The van der Waals surface area contributed by atoms with Crippen LogP contribution in [0.5, 0.6) is 0 Å². The second-order valence-corrected chi connectivity index (χ2v) is 7.76. The van der Waals surface area contributed by atoms with Crippen molar-refractivity contribution in [2.24, 2.45) is 5.92 Å². The van der Waals surface area contributed by atoms with E-state index < -0.39 is 0 Å². The number of aromatic nitrogens is 1. The van der Waals surface area contributed by atoms with Crippen LogP contribution in [-0.2, 0) is 11.3 Å². The van der Waals surface area contributed by atoms with E-state index in [0.29, 0.717) is 6.54 Å². The number of carbonyl (C=O) groups excluding carboxylic acids is 1. The lowest BCUT2D eigenvalue weighted by molar-refractivity contribution is -0.125. The normalized spacial score (nSPS) is 15.0. The standard InChI is InChI=1S/C24H27N3O/c1-17-7-9-19(10-8-17)16-25-24(28)20-11-13-27(14-12-20)23-15-18(2)26-22-6-4-3-5-21(22)23/h3-10,15,20H,11-14,16H2,1-2H3,(H,25,28). The maximum atomic E-state index is 12.6. The summed E-state index contributed by atoms with van der Waals surface area (Å²) in [6.45, 7) is 6.52. The van der Waals surface area contributed by atoms with Gasteiger partial charge in [0.1, 0.15) is 0 Å². The number of aryl methyl sites for hydroxylation is 2. The number of carbonyl (C=O) groups is 1. The van der Waals surface area contributed by atoms with Crippen LogP contribution in [0.1, 0.15) is 29.7 Å². The molecule has 0 atom stereocenters. The molecule has 2 heterocycles. The van der Waals surface area contributed by atoms with Crippen LogP contribution in [0, 0.1) is 19.8 Å². The summed E-state index contributed by atoms with van der Waals surface area (Å²) in [6, 6.07) is 18.8. The van der Waals surface area contributed by atoms with Crippen molar-refractivity contribution in [3.63, 3.8) is 0 Å². The first-order valence-corrected chi connectivity index (χ1v) is 10.0. The van der Waals surface area contributed by atoms with Gasteiger partial charge in [-0.25, -0.2) is 0 Å². The minimum atomic E-state index is 0.0934. The fourth-order valence-corrected chi connectivity index (χ4v) is 3.97. The van der Waals surface area contributed by atoms with E-state index >= 15 is 0 Å². The zero-order valence-electron chi connectivity index (χ0n) is 16.6. The summed E-state index contributed by atoms with van der Waals surface area (Å²) < 4.78 is 0. The number of anilines is 1. The molecule has 144 valence electrons. The lowest BCUT2D eigenvalue weighted by Gasteiger charge is -2.33. The topological polar surface area (TPSA) is 45.2 Å². The van der Waals surface area contributed by atoms with Crippen LogP contribution in [0.2, 0.25) is 0 Å². The van der Waals surface area contributed by atoms with Crippen molar-refractivity contribution in [2.75, 3.05) is 18.0 Å². The van der Waals surface area contributed by atoms with Crippen LogP contribution in [0.3, 0.4) is 0 Å². The summed E-state index contributed by atoms with van der Waals surface area (Å²) in [5.41, 5.74) is 5.69. The van der Waals surface area contributed by atoms with Gasteiger partial charge >= 0.3 is 0 Å². The number of hydrogen-bond acceptors (Lipinski definition) is 3. The number of rotatable bonds is 4. The van der Waals surface area contributed by atoms with Crippen molar-refractivity contribution >= 4 is 22.5 Å². The summed E-state index contributed by atoms with van der Waals surface area (Å²) in [7, 11) is 0. The van der Waals surface area contributed by atoms with E-state index in [0.717, 1.165) is 42.7 Å². The quantitative estimate of drug-likeness (QED) is 0.738. The van der Waals surface area contributed by atoms with Crippen LogP contribution in [-0.4, -0.2) is 24.0 Å². The molecule has 28 heavy (non-hydrogen) atoms. The Hall–Kier alpha value is -2.88. The Balaban J connectivity index is 1.38. The van der Waals surface area contributed by atoms with E-state index in [2.05, 4.69) is 70.7 Å². The van der Waals surface area contributed by atoms with Crippen LogP contribution >= 0.6 is 0 Å². The second-order valence-electron chi connectivity index (χ2n) is 7.76. The van der Waals surface area contributed by atoms with Crippen molar-refractivity contribution in [1.29, 1.82) is 0 Å². The van der Waals surface area contributed by atoms with E-state index in [1.165, 1.54) is 16.6 Å². The molecule has 4 nitrogen and oxygen atoms in total. The lowest BCUT2D eigenvalue weighted by Crippen LogP contribution is -2.40. The van der Waals surface area contributed by atoms with Gasteiger partial charge in [-0.1, -0.05) is 48.0 Å². The molecule has 1 saturated heterocycles. The summed E-state index contributed by atoms with van der Waals surface area (Å²) in [5.74, 6) is 0.270. The molecule has 0 radical (unpaired) electrons. The van der Waals surface area contributed by atoms with Gasteiger partial charge in [-0.05, 0) is 44.4 Å². The van der Waals surface area contributed by atoms with Crippen LogP contribution in [0.15, 0.2) is 54.6 Å². The molecule has 0 spiro atoms. The first-order chi connectivity index (χ1) is 13.6. The Bertz CT molecular complexity index is 973. The number of amides is 1. The number of pyridine rings is 1. The average molecular weight is 374 g/mol. The highest BCUT2D eigenvalue weighted by Gasteiger charge is 2.25. The third-order valence-electron chi connectivity index (χ3n) is 5.62. The highest BCUT2D eigenvalue weighted by atomic mass is 16.1. The zero-order valence-corrected chi connectivity index (χ0v) is 16.6. The summed E-state index contributed by atoms with van der Waals surface area (Å²) in [6.07, 6.45) is 1.77. The van der Waals surface area contributed by atoms with Gasteiger partial charge in [0, 0.05) is 42.3 Å². The van der Waals surface area contributed by atoms with Crippen molar-refractivity contribution < 1.29 is 4.79 Å². The molecule has 1 aliphatic rings. The molecule has 1 fully saturated rings.